The maximum absolute atomic E-state index is 11.9. The van der Waals surface area contributed by atoms with Crippen LogP contribution in [0.25, 0.3) is 0 Å². The molecule has 2 aromatic rings. The van der Waals surface area contributed by atoms with Crippen LogP contribution >= 0.6 is 39.0 Å². The Balaban J connectivity index is 1.83. The quantitative estimate of drug-likeness (QED) is 0.802. The van der Waals surface area contributed by atoms with E-state index >= 15 is 0 Å². The van der Waals surface area contributed by atoms with Gasteiger partial charge in [-0.25, -0.2) is 4.98 Å². The van der Waals surface area contributed by atoms with E-state index in [-0.39, 0.29) is 11.9 Å². The van der Waals surface area contributed by atoms with E-state index in [1.54, 1.807) is 11.3 Å². The monoisotopic (exact) mass is 370 g/mol. The molecule has 0 saturated heterocycles. The Labute approximate surface area is 135 Å². The molecule has 1 N–H and O–H groups in total. The van der Waals surface area contributed by atoms with E-state index in [9.17, 15) is 4.79 Å². The van der Waals surface area contributed by atoms with Crippen LogP contribution in [0.2, 0.25) is 0 Å². The average molecular weight is 371 g/mol. The number of hydrogen-bond donors (Lipinski definition) is 1. The molecule has 0 radical (unpaired) electrons. The third-order valence-electron chi connectivity index (χ3n) is 2.67. The van der Waals surface area contributed by atoms with Crippen molar-refractivity contribution in [3.8, 4) is 0 Å². The number of thiazole rings is 1. The second kappa shape index (κ2) is 7.24. The highest BCUT2D eigenvalue weighted by Gasteiger charge is 2.10. The molecule has 0 aliphatic carbocycles. The Hall–Kier alpha value is -0.850. The second-order valence-corrected chi connectivity index (χ2v) is 7.38. The predicted molar refractivity (Wildman–Crippen MR) is 88.3 cm³/mol. The summed E-state index contributed by atoms with van der Waals surface area (Å²) >= 11 is 6.45. The molecule has 0 aliphatic rings. The molecule has 0 fully saturated rings. The summed E-state index contributed by atoms with van der Waals surface area (Å²) in [4.78, 5) is 16.2. The lowest BCUT2D eigenvalue weighted by Gasteiger charge is -2.14. The maximum atomic E-state index is 11.9. The number of aryl methyl sites for hydroxylation is 1. The van der Waals surface area contributed by atoms with Gasteiger partial charge in [-0.2, -0.15) is 0 Å². The van der Waals surface area contributed by atoms with Crippen molar-refractivity contribution >= 4 is 44.9 Å². The van der Waals surface area contributed by atoms with Crippen LogP contribution in [0.15, 0.2) is 38.5 Å². The van der Waals surface area contributed by atoms with E-state index in [0.717, 1.165) is 20.1 Å². The lowest BCUT2D eigenvalue weighted by atomic mass is 10.1. The Morgan fingerprint density at radius 1 is 1.45 bits per heavy atom. The van der Waals surface area contributed by atoms with Crippen molar-refractivity contribution in [1.82, 2.24) is 10.3 Å². The molecule has 0 aliphatic heterocycles. The highest BCUT2D eigenvalue weighted by Crippen LogP contribution is 2.22. The molecule has 20 heavy (non-hydrogen) atoms. The van der Waals surface area contributed by atoms with Crippen LogP contribution in [0, 0.1) is 6.92 Å². The van der Waals surface area contributed by atoms with Gasteiger partial charge in [-0.05, 0) is 31.5 Å². The zero-order valence-electron chi connectivity index (χ0n) is 11.2. The number of carbonyl (C=O) groups is 1. The summed E-state index contributed by atoms with van der Waals surface area (Å²) in [7, 11) is 0. The first kappa shape index (κ1) is 15.5. The van der Waals surface area contributed by atoms with Crippen molar-refractivity contribution in [2.45, 2.75) is 24.2 Å². The smallest absolute Gasteiger partial charge is 0.230 e. The van der Waals surface area contributed by atoms with E-state index in [1.165, 1.54) is 11.8 Å². The number of nitrogens with one attached hydrogen (secondary N) is 1. The molecule has 106 valence electrons. The lowest BCUT2D eigenvalue weighted by Crippen LogP contribution is -2.28. The molecule has 1 aromatic heterocycles. The highest BCUT2D eigenvalue weighted by atomic mass is 79.9. The lowest BCUT2D eigenvalue weighted by molar-refractivity contribution is -0.119. The van der Waals surface area contributed by atoms with E-state index in [0.29, 0.717) is 5.75 Å². The molecule has 0 unspecified atom stereocenters. The number of rotatable bonds is 5. The Morgan fingerprint density at radius 3 is 2.75 bits per heavy atom. The van der Waals surface area contributed by atoms with Gasteiger partial charge in [-0.3, -0.25) is 4.79 Å². The first-order valence-corrected chi connectivity index (χ1v) is 8.80. The number of carbonyl (C=O) groups excluding carboxylic acids is 1. The number of nitrogens with zero attached hydrogens (tertiary/aromatic N) is 1. The highest BCUT2D eigenvalue weighted by molar-refractivity contribution is 9.10. The number of thioether (sulfide) groups is 1. The van der Waals surface area contributed by atoms with Crippen LogP contribution in [0.3, 0.4) is 0 Å². The van der Waals surface area contributed by atoms with Gasteiger partial charge in [-0.1, -0.05) is 39.8 Å². The zero-order valence-corrected chi connectivity index (χ0v) is 14.4. The fraction of sp³-hybridized carbons (Fsp3) is 0.286. The largest absolute Gasteiger partial charge is 0.349 e. The van der Waals surface area contributed by atoms with Crippen LogP contribution in [0.1, 0.15) is 24.2 Å². The molecule has 1 amide bonds. The van der Waals surface area contributed by atoms with E-state index in [4.69, 9.17) is 0 Å². The first-order chi connectivity index (χ1) is 9.54. The molecular formula is C14H15BrN2OS2. The molecule has 2 rings (SSSR count). The van der Waals surface area contributed by atoms with Crippen molar-refractivity contribution in [3.05, 3.63) is 45.4 Å². The van der Waals surface area contributed by atoms with Crippen molar-refractivity contribution in [1.29, 1.82) is 0 Å². The van der Waals surface area contributed by atoms with Crippen molar-refractivity contribution in [2.75, 3.05) is 5.75 Å². The molecule has 1 atom stereocenters. The molecule has 0 saturated carbocycles. The summed E-state index contributed by atoms with van der Waals surface area (Å²) in [5.74, 6) is 0.423. The van der Waals surface area contributed by atoms with Gasteiger partial charge in [0.15, 0.2) is 4.34 Å². The topological polar surface area (TPSA) is 42.0 Å². The molecule has 1 aromatic carbocycles. The van der Waals surface area contributed by atoms with E-state index in [1.807, 2.05) is 43.5 Å². The molecule has 0 spiro atoms. The van der Waals surface area contributed by atoms with Crippen molar-refractivity contribution in [2.24, 2.45) is 0 Å². The minimum absolute atomic E-state index is 0.00855. The number of halogens is 1. The summed E-state index contributed by atoms with van der Waals surface area (Å²) in [5, 5.41) is 4.99. The van der Waals surface area contributed by atoms with Crippen LogP contribution in [0.5, 0.6) is 0 Å². The van der Waals surface area contributed by atoms with Gasteiger partial charge in [0.05, 0.1) is 11.8 Å². The van der Waals surface area contributed by atoms with Crippen LogP contribution in [-0.4, -0.2) is 16.6 Å². The second-order valence-electron chi connectivity index (χ2n) is 4.38. The molecule has 1 heterocycles. The molecule has 6 heteroatoms. The maximum Gasteiger partial charge on any atom is 0.230 e. The van der Waals surface area contributed by atoms with Crippen LogP contribution in [-0.2, 0) is 4.79 Å². The van der Waals surface area contributed by atoms with Gasteiger partial charge >= 0.3 is 0 Å². The normalized spacial score (nSPS) is 12.2. The Morgan fingerprint density at radius 2 is 2.15 bits per heavy atom. The van der Waals surface area contributed by atoms with E-state index in [2.05, 4.69) is 26.2 Å². The SMILES string of the molecule is Cc1csc(SCC(=O)N[C@H](C)c2ccc(Br)cc2)n1. The fourth-order valence-electron chi connectivity index (χ4n) is 1.64. The summed E-state index contributed by atoms with van der Waals surface area (Å²) < 4.78 is 1.98. The zero-order chi connectivity index (χ0) is 14.5. The third kappa shape index (κ3) is 4.61. The standard InChI is InChI=1S/C14H15BrN2OS2/c1-9-7-19-14(16-9)20-8-13(18)17-10(2)11-3-5-12(15)6-4-11/h3-7,10H,8H2,1-2H3,(H,17,18)/t10-/m1/s1. The number of aromatic nitrogens is 1. The number of benzene rings is 1. The molecular weight excluding hydrogens is 356 g/mol. The minimum atomic E-state index is 0.00855. The summed E-state index contributed by atoms with van der Waals surface area (Å²) in [6.45, 7) is 3.94. The summed E-state index contributed by atoms with van der Waals surface area (Å²) in [6.07, 6.45) is 0. The average Bonchev–Trinajstić information content (AvgIpc) is 2.83. The van der Waals surface area contributed by atoms with Crippen LogP contribution in [0.4, 0.5) is 0 Å². The molecule has 3 nitrogen and oxygen atoms in total. The number of hydrogen-bond acceptors (Lipinski definition) is 4. The van der Waals surface area contributed by atoms with Gasteiger partial charge in [0, 0.05) is 15.5 Å². The third-order valence-corrected chi connectivity index (χ3v) is 5.34. The summed E-state index contributed by atoms with van der Waals surface area (Å²) in [6, 6.07) is 7.98. The van der Waals surface area contributed by atoms with Crippen LogP contribution < -0.4 is 5.32 Å². The minimum Gasteiger partial charge on any atom is -0.349 e. The van der Waals surface area contributed by atoms with Crippen molar-refractivity contribution in [3.63, 3.8) is 0 Å². The Kier molecular flexibility index (Phi) is 5.63. The van der Waals surface area contributed by atoms with Gasteiger partial charge < -0.3 is 5.32 Å². The van der Waals surface area contributed by atoms with Gasteiger partial charge in [0.1, 0.15) is 0 Å². The van der Waals surface area contributed by atoms with Crippen molar-refractivity contribution < 1.29 is 4.79 Å². The van der Waals surface area contributed by atoms with Gasteiger partial charge in [0.2, 0.25) is 5.91 Å². The Bertz CT molecular complexity index is 583. The number of amides is 1. The van der Waals surface area contributed by atoms with Gasteiger partial charge in [-0.15, -0.1) is 11.3 Å². The predicted octanol–water partition coefficient (Wildman–Crippen LogP) is 4.18. The first-order valence-electron chi connectivity index (χ1n) is 6.14. The summed E-state index contributed by atoms with van der Waals surface area (Å²) in [5.41, 5.74) is 2.10. The van der Waals surface area contributed by atoms with E-state index < -0.39 is 0 Å². The van der Waals surface area contributed by atoms with Gasteiger partial charge in [0.25, 0.3) is 0 Å². The molecule has 0 bridgehead atoms. The fourth-order valence-corrected chi connectivity index (χ4v) is 3.57.